The first-order valence-electron chi connectivity index (χ1n) is 7.91. The molecule has 4 rings (SSSR count). The molecule has 0 atom stereocenters. The lowest BCUT2D eigenvalue weighted by molar-refractivity contribution is -0.116. The zero-order valence-electron chi connectivity index (χ0n) is 13.6. The van der Waals surface area contributed by atoms with Gasteiger partial charge in [0.2, 0.25) is 5.91 Å². The van der Waals surface area contributed by atoms with E-state index in [0.717, 1.165) is 16.7 Å². The summed E-state index contributed by atoms with van der Waals surface area (Å²) in [7, 11) is 0. The second-order valence-electron chi connectivity index (χ2n) is 5.79. The van der Waals surface area contributed by atoms with Gasteiger partial charge in [0, 0.05) is 24.2 Å². The molecule has 0 radical (unpaired) electrons. The standard InChI is InChI=1S/C18H16N4O3/c1-11(23)22-6-7-25-17-9-13(3-5-16(17)22)21-18(24)12-2-4-14-15(8-12)20-10-19-14/h2-5,8-10H,6-7H2,1H3,(H,19,20)(H,21,24). The molecule has 0 fully saturated rings. The molecule has 0 unspecified atom stereocenters. The third-order valence-corrected chi connectivity index (χ3v) is 4.14. The van der Waals surface area contributed by atoms with E-state index in [1.54, 1.807) is 47.6 Å². The van der Waals surface area contributed by atoms with Gasteiger partial charge in [0.05, 0.1) is 29.6 Å². The first kappa shape index (κ1) is 15.2. The number of aromatic amines is 1. The van der Waals surface area contributed by atoms with E-state index < -0.39 is 0 Å². The number of anilines is 2. The Morgan fingerprint density at radius 2 is 2.12 bits per heavy atom. The van der Waals surface area contributed by atoms with E-state index in [9.17, 15) is 9.59 Å². The number of imidazole rings is 1. The first-order chi connectivity index (χ1) is 12.1. The molecule has 2 N–H and O–H groups in total. The highest BCUT2D eigenvalue weighted by Gasteiger charge is 2.21. The molecule has 1 aliphatic heterocycles. The van der Waals surface area contributed by atoms with Crippen LogP contribution in [0.3, 0.4) is 0 Å². The highest BCUT2D eigenvalue weighted by molar-refractivity contribution is 6.06. The van der Waals surface area contributed by atoms with Crippen LogP contribution >= 0.6 is 0 Å². The van der Waals surface area contributed by atoms with Gasteiger partial charge in [-0.25, -0.2) is 4.98 Å². The van der Waals surface area contributed by atoms with Crippen molar-refractivity contribution in [1.82, 2.24) is 9.97 Å². The zero-order valence-corrected chi connectivity index (χ0v) is 13.6. The largest absolute Gasteiger partial charge is 0.489 e. The number of rotatable bonds is 2. The number of ether oxygens (including phenoxy) is 1. The molecule has 3 aromatic rings. The molecule has 0 saturated heterocycles. The monoisotopic (exact) mass is 336 g/mol. The number of carbonyl (C=O) groups is 2. The number of aromatic nitrogens is 2. The third-order valence-electron chi connectivity index (χ3n) is 4.14. The molecule has 7 nitrogen and oxygen atoms in total. The van der Waals surface area contributed by atoms with Crippen molar-refractivity contribution in [3.63, 3.8) is 0 Å². The normalized spacial score (nSPS) is 13.2. The Hall–Kier alpha value is -3.35. The van der Waals surface area contributed by atoms with E-state index in [0.29, 0.717) is 30.2 Å². The fourth-order valence-corrected chi connectivity index (χ4v) is 2.90. The number of benzene rings is 2. The summed E-state index contributed by atoms with van der Waals surface area (Å²) >= 11 is 0. The van der Waals surface area contributed by atoms with Gasteiger partial charge in [0.1, 0.15) is 12.4 Å². The highest BCUT2D eigenvalue weighted by Crippen LogP contribution is 2.34. The second kappa shape index (κ2) is 5.94. The summed E-state index contributed by atoms with van der Waals surface area (Å²) in [5.41, 5.74) is 3.47. The number of amides is 2. The minimum Gasteiger partial charge on any atom is -0.489 e. The summed E-state index contributed by atoms with van der Waals surface area (Å²) in [4.78, 5) is 32.9. The summed E-state index contributed by atoms with van der Waals surface area (Å²) in [5, 5.41) is 2.85. The Balaban J connectivity index is 1.58. The van der Waals surface area contributed by atoms with Crippen molar-refractivity contribution in [2.45, 2.75) is 6.92 Å². The Morgan fingerprint density at radius 1 is 1.24 bits per heavy atom. The van der Waals surface area contributed by atoms with Crippen molar-refractivity contribution >= 4 is 34.2 Å². The molecule has 0 bridgehead atoms. The van der Waals surface area contributed by atoms with E-state index in [2.05, 4.69) is 15.3 Å². The number of carbonyl (C=O) groups excluding carboxylic acids is 2. The second-order valence-corrected chi connectivity index (χ2v) is 5.79. The first-order valence-corrected chi connectivity index (χ1v) is 7.91. The number of H-pyrrole nitrogens is 1. The number of hydrogen-bond donors (Lipinski definition) is 2. The van der Waals surface area contributed by atoms with E-state index in [4.69, 9.17) is 4.74 Å². The Bertz CT molecular complexity index is 979. The predicted molar refractivity (Wildman–Crippen MR) is 94.0 cm³/mol. The molecule has 2 heterocycles. The summed E-state index contributed by atoms with van der Waals surface area (Å²) in [6.45, 7) is 2.48. The van der Waals surface area contributed by atoms with Crippen LogP contribution in [-0.2, 0) is 4.79 Å². The molecule has 1 aromatic heterocycles. The Labute approximate surface area is 143 Å². The fourth-order valence-electron chi connectivity index (χ4n) is 2.90. The average molecular weight is 336 g/mol. The fraction of sp³-hybridized carbons (Fsp3) is 0.167. The predicted octanol–water partition coefficient (Wildman–Crippen LogP) is 2.56. The molecular formula is C18H16N4O3. The lowest BCUT2D eigenvalue weighted by atomic mass is 10.1. The Morgan fingerprint density at radius 3 is 2.96 bits per heavy atom. The van der Waals surface area contributed by atoms with Gasteiger partial charge < -0.3 is 19.9 Å². The average Bonchev–Trinajstić information content (AvgIpc) is 3.08. The van der Waals surface area contributed by atoms with Crippen LogP contribution in [0, 0.1) is 0 Å². The zero-order chi connectivity index (χ0) is 17.4. The Kier molecular flexibility index (Phi) is 3.61. The molecule has 25 heavy (non-hydrogen) atoms. The number of nitrogens with zero attached hydrogens (tertiary/aromatic N) is 2. The number of hydrogen-bond acceptors (Lipinski definition) is 4. The minimum absolute atomic E-state index is 0.0332. The molecular weight excluding hydrogens is 320 g/mol. The van der Waals surface area contributed by atoms with Crippen LogP contribution in [-0.4, -0.2) is 34.9 Å². The van der Waals surface area contributed by atoms with Crippen LogP contribution in [0.25, 0.3) is 11.0 Å². The van der Waals surface area contributed by atoms with E-state index >= 15 is 0 Å². The lowest BCUT2D eigenvalue weighted by Gasteiger charge is -2.29. The topological polar surface area (TPSA) is 87.3 Å². The van der Waals surface area contributed by atoms with Crippen molar-refractivity contribution in [2.24, 2.45) is 0 Å². The van der Waals surface area contributed by atoms with Gasteiger partial charge in [-0.1, -0.05) is 0 Å². The lowest BCUT2D eigenvalue weighted by Crippen LogP contribution is -2.36. The molecule has 0 spiro atoms. The molecule has 2 aromatic carbocycles. The SMILES string of the molecule is CC(=O)N1CCOc2cc(NC(=O)c3ccc4nc[nH]c4c3)ccc21. The van der Waals surface area contributed by atoms with Gasteiger partial charge in [-0.2, -0.15) is 0 Å². The van der Waals surface area contributed by atoms with Crippen LogP contribution in [0.4, 0.5) is 11.4 Å². The van der Waals surface area contributed by atoms with Crippen LogP contribution in [0.2, 0.25) is 0 Å². The molecule has 0 saturated carbocycles. The van der Waals surface area contributed by atoms with Crippen LogP contribution in [0.15, 0.2) is 42.7 Å². The maximum absolute atomic E-state index is 12.5. The number of nitrogens with one attached hydrogen (secondary N) is 2. The minimum atomic E-state index is -0.226. The molecule has 7 heteroatoms. The van der Waals surface area contributed by atoms with Crippen LogP contribution < -0.4 is 15.0 Å². The van der Waals surface area contributed by atoms with Crippen LogP contribution in [0.1, 0.15) is 17.3 Å². The van der Waals surface area contributed by atoms with Crippen molar-refractivity contribution in [2.75, 3.05) is 23.4 Å². The number of fused-ring (bicyclic) bond motifs is 2. The third kappa shape index (κ3) is 2.80. The summed E-state index contributed by atoms with van der Waals surface area (Å²) < 4.78 is 5.62. The van der Waals surface area contributed by atoms with Crippen molar-refractivity contribution in [1.29, 1.82) is 0 Å². The quantitative estimate of drug-likeness (QED) is 0.753. The smallest absolute Gasteiger partial charge is 0.255 e. The highest BCUT2D eigenvalue weighted by atomic mass is 16.5. The van der Waals surface area contributed by atoms with Crippen LogP contribution in [0.5, 0.6) is 5.75 Å². The van der Waals surface area contributed by atoms with Gasteiger partial charge in [-0.15, -0.1) is 0 Å². The van der Waals surface area contributed by atoms with Gasteiger partial charge >= 0.3 is 0 Å². The molecule has 126 valence electrons. The summed E-state index contributed by atoms with van der Waals surface area (Å²) in [5.74, 6) is 0.327. The maximum atomic E-state index is 12.5. The summed E-state index contributed by atoms with van der Waals surface area (Å²) in [6.07, 6.45) is 1.59. The van der Waals surface area contributed by atoms with Crippen molar-refractivity contribution in [3.8, 4) is 5.75 Å². The molecule has 1 aliphatic rings. The van der Waals surface area contributed by atoms with Gasteiger partial charge in [0.25, 0.3) is 5.91 Å². The van der Waals surface area contributed by atoms with Gasteiger partial charge in [-0.05, 0) is 30.3 Å². The van der Waals surface area contributed by atoms with Gasteiger partial charge in [0.15, 0.2) is 0 Å². The van der Waals surface area contributed by atoms with Gasteiger partial charge in [-0.3, -0.25) is 9.59 Å². The summed E-state index contributed by atoms with van der Waals surface area (Å²) in [6, 6.07) is 10.5. The van der Waals surface area contributed by atoms with Crippen molar-refractivity contribution in [3.05, 3.63) is 48.3 Å². The van der Waals surface area contributed by atoms with E-state index in [-0.39, 0.29) is 11.8 Å². The maximum Gasteiger partial charge on any atom is 0.255 e. The molecule has 2 amide bonds. The van der Waals surface area contributed by atoms with E-state index in [1.165, 1.54) is 6.92 Å². The molecule has 0 aliphatic carbocycles. The van der Waals surface area contributed by atoms with E-state index in [1.807, 2.05) is 0 Å². The van der Waals surface area contributed by atoms with Crippen molar-refractivity contribution < 1.29 is 14.3 Å².